The molecule has 6 heteroatoms. The molecule has 0 saturated heterocycles. The van der Waals surface area contributed by atoms with Crippen LogP contribution in [-0.4, -0.2) is 30.0 Å². The number of hydrogen-bond acceptors (Lipinski definition) is 3. The normalized spacial score (nSPS) is 11.9. The van der Waals surface area contributed by atoms with Crippen molar-refractivity contribution < 1.29 is 14.3 Å². The van der Waals surface area contributed by atoms with Gasteiger partial charge in [-0.3, -0.25) is 4.79 Å². The van der Waals surface area contributed by atoms with E-state index in [4.69, 9.17) is 16.3 Å². The van der Waals surface area contributed by atoms with Crippen LogP contribution in [0.2, 0.25) is 5.02 Å². The average Bonchev–Trinajstić information content (AvgIpc) is 3.09. The molecule has 140 valence electrons. The largest absolute Gasteiger partial charge is 0.467 e. The lowest BCUT2D eigenvalue weighted by Crippen LogP contribution is -2.43. The van der Waals surface area contributed by atoms with E-state index in [2.05, 4.69) is 10.3 Å². The summed E-state index contributed by atoms with van der Waals surface area (Å²) in [5, 5.41) is 4.49. The van der Waals surface area contributed by atoms with Gasteiger partial charge in [-0.05, 0) is 35.7 Å². The molecule has 1 aromatic heterocycles. The number of para-hydroxylation sites is 1. The summed E-state index contributed by atoms with van der Waals surface area (Å²) in [6.45, 7) is 0. The van der Waals surface area contributed by atoms with E-state index in [0.29, 0.717) is 17.9 Å². The summed E-state index contributed by atoms with van der Waals surface area (Å²) in [5.41, 5.74) is 2.96. The molecule has 3 rings (SSSR count). The first-order chi connectivity index (χ1) is 13.1. The molecule has 0 bridgehead atoms. The first-order valence-corrected chi connectivity index (χ1v) is 9.11. The van der Waals surface area contributed by atoms with Gasteiger partial charge in [0, 0.05) is 35.0 Å². The van der Waals surface area contributed by atoms with Crippen molar-refractivity contribution in [3.63, 3.8) is 0 Å². The van der Waals surface area contributed by atoms with Gasteiger partial charge in [0.25, 0.3) is 0 Å². The van der Waals surface area contributed by atoms with E-state index in [9.17, 15) is 9.59 Å². The maximum Gasteiger partial charge on any atom is 0.328 e. The monoisotopic (exact) mass is 384 g/mol. The third kappa shape index (κ3) is 4.89. The SMILES string of the molecule is COC(=O)C(Cc1c[nH]c2ccccc12)NC(=O)CCc1ccc(Cl)cc1. The molecule has 1 unspecified atom stereocenters. The van der Waals surface area contributed by atoms with Gasteiger partial charge in [-0.25, -0.2) is 4.79 Å². The molecule has 2 N–H and O–H groups in total. The van der Waals surface area contributed by atoms with Crippen molar-refractivity contribution in [1.29, 1.82) is 0 Å². The van der Waals surface area contributed by atoms with Gasteiger partial charge >= 0.3 is 5.97 Å². The number of hydrogen-bond donors (Lipinski definition) is 2. The summed E-state index contributed by atoms with van der Waals surface area (Å²) in [4.78, 5) is 27.7. The molecule has 2 aromatic carbocycles. The average molecular weight is 385 g/mol. The fourth-order valence-electron chi connectivity index (χ4n) is 3.03. The van der Waals surface area contributed by atoms with Gasteiger partial charge < -0.3 is 15.0 Å². The number of esters is 1. The van der Waals surface area contributed by atoms with E-state index in [1.165, 1.54) is 7.11 Å². The lowest BCUT2D eigenvalue weighted by molar-refractivity contribution is -0.145. The third-order valence-electron chi connectivity index (χ3n) is 4.47. The smallest absolute Gasteiger partial charge is 0.328 e. The second-order valence-corrected chi connectivity index (χ2v) is 6.77. The number of fused-ring (bicyclic) bond motifs is 1. The van der Waals surface area contributed by atoms with Crippen LogP contribution >= 0.6 is 11.6 Å². The number of aryl methyl sites for hydroxylation is 1. The Balaban J connectivity index is 1.65. The Bertz CT molecular complexity index is 934. The van der Waals surface area contributed by atoms with Crippen LogP contribution in [0.5, 0.6) is 0 Å². The third-order valence-corrected chi connectivity index (χ3v) is 4.73. The maximum atomic E-state index is 12.4. The number of benzene rings is 2. The highest BCUT2D eigenvalue weighted by Gasteiger charge is 2.23. The molecule has 0 saturated carbocycles. The Morgan fingerprint density at radius 3 is 2.63 bits per heavy atom. The first kappa shape index (κ1) is 19.0. The van der Waals surface area contributed by atoms with Gasteiger partial charge in [-0.1, -0.05) is 41.9 Å². The van der Waals surface area contributed by atoms with E-state index in [-0.39, 0.29) is 12.3 Å². The summed E-state index contributed by atoms with van der Waals surface area (Å²) < 4.78 is 4.87. The Morgan fingerprint density at radius 2 is 1.89 bits per heavy atom. The standard InChI is InChI=1S/C21H21ClN2O3/c1-27-21(26)19(12-15-13-23-18-5-3-2-4-17(15)18)24-20(25)11-8-14-6-9-16(22)10-7-14/h2-7,9-10,13,19,23H,8,11-12H2,1H3,(H,24,25). The van der Waals surface area contributed by atoms with Crippen molar-refractivity contribution in [3.05, 3.63) is 70.9 Å². The van der Waals surface area contributed by atoms with Crippen LogP contribution in [-0.2, 0) is 27.2 Å². The molecule has 27 heavy (non-hydrogen) atoms. The lowest BCUT2D eigenvalue weighted by Gasteiger charge is -2.16. The molecule has 1 amide bonds. The van der Waals surface area contributed by atoms with Crippen LogP contribution in [0.4, 0.5) is 0 Å². The number of aromatic amines is 1. The highest BCUT2D eigenvalue weighted by Crippen LogP contribution is 2.19. The Hall–Kier alpha value is -2.79. The molecule has 1 heterocycles. The molecular formula is C21H21ClN2O3. The van der Waals surface area contributed by atoms with Crippen molar-refractivity contribution in [3.8, 4) is 0 Å². The van der Waals surface area contributed by atoms with E-state index in [1.807, 2.05) is 42.6 Å². The minimum atomic E-state index is -0.730. The number of ether oxygens (including phenoxy) is 1. The number of methoxy groups -OCH3 is 1. The highest BCUT2D eigenvalue weighted by atomic mass is 35.5. The predicted octanol–water partition coefficient (Wildman–Crippen LogP) is 3.65. The minimum absolute atomic E-state index is 0.194. The number of amides is 1. The summed E-state index contributed by atoms with van der Waals surface area (Å²) in [6.07, 6.45) is 3.08. The quantitative estimate of drug-likeness (QED) is 0.611. The summed E-state index contributed by atoms with van der Waals surface area (Å²) in [7, 11) is 1.32. The second kappa shape index (κ2) is 8.73. The van der Waals surface area contributed by atoms with Crippen LogP contribution in [0.15, 0.2) is 54.7 Å². The van der Waals surface area contributed by atoms with E-state index >= 15 is 0 Å². The second-order valence-electron chi connectivity index (χ2n) is 6.33. The number of nitrogens with one attached hydrogen (secondary N) is 2. The Morgan fingerprint density at radius 1 is 1.15 bits per heavy atom. The van der Waals surface area contributed by atoms with Crippen molar-refractivity contribution in [2.45, 2.75) is 25.3 Å². The highest BCUT2D eigenvalue weighted by molar-refractivity contribution is 6.30. The molecule has 1 atom stereocenters. The number of rotatable bonds is 7. The fourth-order valence-corrected chi connectivity index (χ4v) is 3.16. The zero-order valence-corrected chi connectivity index (χ0v) is 15.8. The van der Waals surface area contributed by atoms with E-state index in [1.54, 1.807) is 12.1 Å². The number of carbonyl (C=O) groups is 2. The molecular weight excluding hydrogens is 364 g/mol. The Labute approximate surface area is 162 Å². The molecule has 5 nitrogen and oxygen atoms in total. The van der Waals surface area contributed by atoms with Gasteiger partial charge in [0.15, 0.2) is 0 Å². The molecule has 0 aliphatic rings. The zero-order chi connectivity index (χ0) is 19.2. The van der Waals surface area contributed by atoms with E-state index in [0.717, 1.165) is 22.0 Å². The molecule has 0 fully saturated rings. The molecule has 0 spiro atoms. The number of halogens is 1. The zero-order valence-electron chi connectivity index (χ0n) is 15.0. The fraction of sp³-hybridized carbons (Fsp3) is 0.238. The van der Waals surface area contributed by atoms with Crippen molar-refractivity contribution in [1.82, 2.24) is 10.3 Å². The molecule has 3 aromatic rings. The first-order valence-electron chi connectivity index (χ1n) is 8.73. The topological polar surface area (TPSA) is 71.2 Å². The van der Waals surface area contributed by atoms with E-state index < -0.39 is 12.0 Å². The van der Waals surface area contributed by atoms with Crippen molar-refractivity contribution in [2.75, 3.05) is 7.11 Å². The van der Waals surface area contributed by atoms with Gasteiger partial charge in [-0.15, -0.1) is 0 Å². The number of aromatic nitrogens is 1. The minimum Gasteiger partial charge on any atom is -0.467 e. The van der Waals surface area contributed by atoms with Gasteiger partial charge in [0.05, 0.1) is 7.11 Å². The molecule has 0 radical (unpaired) electrons. The van der Waals surface area contributed by atoms with Crippen LogP contribution < -0.4 is 5.32 Å². The number of carbonyl (C=O) groups excluding carboxylic acids is 2. The maximum absolute atomic E-state index is 12.4. The summed E-state index contributed by atoms with van der Waals surface area (Å²) in [5.74, 6) is -0.652. The van der Waals surface area contributed by atoms with Gasteiger partial charge in [0.1, 0.15) is 6.04 Å². The molecule has 0 aliphatic carbocycles. The van der Waals surface area contributed by atoms with Gasteiger partial charge in [-0.2, -0.15) is 0 Å². The van der Waals surface area contributed by atoms with Crippen LogP contribution in [0.1, 0.15) is 17.5 Å². The summed E-state index contributed by atoms with van der Waals surface area (Å²) in [6, 6.07) is 14.5. The van der Waals surface area contributed by atoms with Crippen LogP contribution in [0.3, 0.4) is 0 Å². The summed E-state index contributed by atoms with van der Waals surface area (Å²) >= 11 is 5.87. The van der Waals surface area contributed by atoms with Crippen LogP contribution in [0.25, 0.3) is 10.9 Å². The predicted molar refractivity (Wildman–Crippen MR) is 106 cm³/mol. The Kier molecular flexibility index (Phi) is 6.14. The van der Waals surface area contributed by atoms with Crippen LogP contribution in [0, 0.1) is 0 Å². The van der Waals surface area contributed by atoms with Gasteiger partial charge in [0.2, 0.25) is 5.91 Å². The van der Waals surface area contributed by atoms with Crippen molar-refractivity contribution in [2.24, 2.45) is 0 Å². The lowest BCUT2D eigenvalue weighted by atomic mass is 10.0. The van der Waals surface area contributed by atoms with Crippen molar-refractivity contribution >= 4 is 34.4 Å². The number of H-pyrrole nitrogens is 1. The molecule has 0 aliphatic heterocycles.